The summed E-state index contributed by atoms with van der Waals surface area (Å²) >= 11 is 0. The first-order valence-electron chi connectivity index (χ1n) is 8.43. The van der Waals surface area contributed by atoms with Crippen LogP contribution in [0.1, 0.15) is 55.9 Å². The normalized spacial score (nSPS) is 12.2. The van der Waals surface area contributed by atoms with Crippen LogP contribution in [0.25, 0.3) is 0 Å². The van der Waals surface area contributed by atoms with Crippen LogP contribution >= 0.6 is 0 Å². The smallest absolute Gasteiger partial charge is 0.235 e. The minimum absolute atomic E-state index is 0. The van der Waals surface area contributed by atoms with Gasteiger partial charge in [-0.2, -0.15) is 5.11 Å². The van der Waals surface area contributed by atoms with Crippen molar-refractivity contribution in [3.8, 4) is 0 Å². The zero-order chi connectivity index (χ0) is 21.8. The van der Waals surface area contributed by atoms with Gasteiger partial charge in [-0.25, -0.2) is 8.42 Å². The number of nitrogens with zero attached hydrogens (tertiary/aromatic N) is 3. The van der Waals surface area contributed by atoms with Gasteiger partial charge in [0.25, 0.3) is 0 Å². The number of sulfonamides is 1. The van der Waals surface area contributed by atoms with Crippen LogP contribution in [-0.4, -0.2) is 44.7 Å². The predicted molar refractivity (Wildman–Crippen MR) is 110 cm³/mol. The van der Waals surface area contributed by atoms with Crippen molar-refractivity contribution in [1.29, 1.82) is 0 Å². The molecule has 1 aliphatic heterocycles. The fourth-order valence-electron chi connectivity index (χ4n) is 1.14. The molecular weight excluding hydrogens is 386 g/mol. The summed E-state index contributed by atoms with van der Waals surface area (Å²) in [6.45, 7) is 12.9. The molecule has 0 aromatic carbocycles. The van der Waals surface area contributed by atoms with Crippen LogP contribution in [0, 0.1) is 17.8 Å². The van der Waals surface area contributed by atoms with Gasteiger partial charge in [-0.3, -0.25) is 24.4 Å². The standard InChI is InChI=1S/C6H11NO2.C5H9N3.C5H11NO3S.CH4/c1-4(2)6(9)7-5(3)8;1-4(2)5-3-6-8-7-5;1-4(2)5(7)6-10(3,8)9;/h4H,1-3H3,(H,7,8,9);4H,3H2,1-2H3;4H,1-3H3,(H,6,7);1H4. The summed E-state index contributed by atoms with van der Waals surface area (Å²) in [6.07, 6.45) is 0.952. The van der Waals surface area contributed by atoms with E-state index in [0.29, 0.717) is 12.5 Å². The van der Waals surface area contributed by atoms with Gasteiger partial charge in [0.15, 0.2) is 0 Å². The Kier molecular flexibility index (Phi) is 16.2. The third-order valence-electron chi connectivity index (χ3n) is 2.77. The van der Waals surface area contributed by atoms with Crippen molar-refractivity contribution in [2.24, 2.45) is 33.2 Å². The SMILES string of the molecule is C.CC(=O)NC(=O)C(C)C.CC(C)C(=O)NS(C)(=O)=O.CC(C)C1=NN=NC1. The fourth-order valence-corrected chi connectivity index (χ4v) is 1.74. The maximum atomic E-state index is 10.7. The van der Waals surface area contributed by atoms with Gasteiger partial charge in [-0.1, -0.05) is 49.0 Å². The molecule has 0 aromatic heterocycles. The molecule has 11 heteroatoms. The van der Waals surface area contributed by atoms with E-state index in [-0.39, 0.29) is 31.1 Å². The van der Waals surface area contributed by atoms with E-state index in [2.05, 4.69) is 34.6 Å². The van der Waals surface area contributed by atoms with Crippen molar-refractivity contribution in [3.63, 3.8) is 0 Å². The summed E-state index contributed by atoms with van der Waals surface area (Å²) in [6, 6.07) is 0. The molecule has 164 valence electrons. The Hall–Kier alpha value is -2.17. The minimum atomic E-state index is -3.37. The number of rotatable bonds is 4. The van der Waals surface area contributed by atoms with E-state index in [1.54, 1.807) is 27.7 Å². The van der Waals surface area contributed by atoms with Crippen molar-refractivity contribution in [1.82, 2.24) is 10.0 Å². The number of hydrogen-bond acceptors (Lipinski definition) is 8. The summed E-state index contributed by atoms with van der Waals surface area (Å²) in [4.78, 5) is 31.5. The molecule has 1 rings (SSSR count). The maximum absolute atomic E-state index is 10.7. The molecule has 28 heavy (non-hydrogen) atoms. The van der Waals surface area contributed by atoms with Crippen LogP contribution in [0.4, 0.5) is 0 Å². The molecule has 0 aromatic rings. The Balaban J connectivity index is -0.000000330. The molecule has 0 saturated heterocycles. The molecule has 1 heterocycles. The van der Waals surface area contributed by atoms with Crippen LogP contribution in [0.15, 0.2) is 15.4 Å². The van der Waals surface area contributed by atoms with Gasteiger partial charge < -0.3 is 0 Å². The molecule has 10 nitrogen and oxygen atoms in total. The zero-order valence-corrected chi connectivity index (χ0v) is 18.0. The Bertz CT molecular complexity index is 667. The van der Waals surface area contributed by atoms with Gasteiger partial charge in [0.2, 0.25) is 27.7 Å². The largest absolute Gasteiger partial charge is 0.296 e. The second-order valence-corrected chi connectivity index (χ2v) is 8.48. The minimum Gasteiger partial charge on any atom is -0.296 e. The van der Waals surface area contributed by atoms with E-state index in [0.717, 1.165) is 12.0 Å². The molecular formula is C17H35N5O5S. The second kappa shape index (κ2) is 14.8. The molecule has 0 radical (unpaired) electrons. The molecule has 3 amide bonds. The van der Waals surface area contributed by atoms with E-state index in [4.69, 9.17) is 0 Å². The van der Waals surface area contributed by atoms with Crippen molar-refractivity contribution < 1.29 is 22.8 Å². The summed E-state index contributed by atoms with van der Waals surface area (Å²) in [7, 11) is -3.37. The Morgan fingerprint density at radius 2 is 1.43 bits per heavy atom. The number of carbonyl (C=O) groups excluding carboxylic acids is 3. The molecule has 0 atom stereocenters. The number of amides is 3. The Labute approximate surface area is 168 Å². The van der Waals surface area contributed by atoms with E-state index < -0.39 is 15.9 Å². The molecule has 0 aliphatic carbocycles. The molecule has 2 N–H and O–H groups in total. The highest BCUT2D eigenvalue weighted by Crippen LogP contribution is 2.03. The Morgan fingerprint density at radius 1 is 0.964 bits per heavy atom. The van der Waals surface area contributed by atoms with Crippen molar-refractivity contribution in [3.05, 3.63) is 0 Å². The van der Waals surface area contributed by atoms with Gasteiger partial charge in [0.1, 0.15) is 6.54 Å². The fraction of sp³-hybridized carbons (Fsp3) is 0.765. The summed E-state index contributed by atoms with van der Waals surface area (Å²) < 4.78 is 22.7. The first-order chi connectivity index (χ1) is 12.2. The lowest BCUT2D eigenvalue weighted by atomic mass is 10.1. The van der Waals surface area contributed by atoms with E-state index in [1.807, 2.05) is 4.72 Å². The molecule has 0 unspecified atom stereocenters. The lowest BCUT2D eigenvalue weighted by molar-refractivity contribution is -0.131. The highest BCUT2D eigenvalue weighted by molar-refractivity contribution is 7.89. The molecule has 0 fully saturated rings. The van der Waals surface area contributed by atoms with E-state index in [1.165, 1.54) is 6.92 Å². The van der Waals surface area contributed by atoms with E-state index in [9.17, 15) is 22.8 Å². The molecule has 1 aliphatic rings. The lowest BCUT2D eigenvalue weighted by Gasteiger charge is -2.03. The third kappa shape index (κ3) is 18.6. The monoisotopic (exact) mass is 421 g/mol. The number of carbonyl (C=O) groups is 3. The summed E-state index contributed by atoms with van der Waals surface area (Å²) in [5, 5.41) is 13.2. The average Bonchev–Trinajstić information content (AvgIpc) is 3.00. The highest BCUT2D eigenvalue weighted by atomic mass is 32.2. The number of nitrogens with one attached hydrogen (secondary N) is 2. The van der Waals surface area contributed by atoms with Crippen LogP contribution in [0.2, 0.25) is 0 Å². The van der Waals surface area contributed by atoms with Gasteiger partial charge in [-0.15, -0.1) is 5.10 Å². The van der Waals surface area contributed by atoms with E-state index >= 15 is 0 Å². The first kappa shape index (κ1) is 30.6. The summed E-state index contributed by atoms with van der Waals surface area (Å²) in [5.41, 5.74) is 1.09. The van der Waals surface area contributed by atoms with Crippen molar-refractivity contribution in [2.75, 3.05) is 12.8 Å². The third-order valence-corrected chi connectivity index (χ3v) is 3.34. The number of imide groups is 1. The van der Waals surface area contributed by atoms with Gasteiger partial charge in [0.05, 0.1) is 12.0 Å². The highest BCUT2D eigenvalue weighted by Gasteiger charge is 2.11. The number of hydrogen-bond donors (Lipinski definition) is 2. The molecule has 0 spiro atoms. The van der Waals surface area contributed by atoms with Crippen molar-refractivity contribution >= 4 is 33.5 Å². The van der Waals surface area contributed by atoms with Crippen LogP contribution in [0.5, 0.6) is 0 Å². The van der Waals surface area contributed by atoms with Crippen LogP contribution < -0.4 is 10.0 Å². The topological polar surface area (TPSA) is 146 Å². The van der Waals surface area contributed by atoms with Crippen LogP contribution in [-0.2, 0) is 24.4 Å². The average molecular weight is 422 g/mol. The Morgan fingerprint density at radius 3 is 1.57 bits per heavy atom. The van der Waals surface area contributed by atoms with Gasteiger partial charge >= 0.3 is 0 Å². The molecule has 0 bridgehead atoms. The quantitative estimate of drug-likeness (QED) is 0.713. The predicted octanol–water partition coefficient (Wildman–Crippen LogP) is 2.12. The van der Waals surface area contributed by atoms with Crippen molar-refractivity contribution in [2.45, 2.75) is 55.9 Å². The first-order valence-corrected chi connectivity index (χ1v) is 10.3. The van der Waals surface area contributed by atoms with Gasteiger partial charge in [0, 0.05) is 18.8 Å². The molecule has 0 saturated carbocycles. The zero-order valence-electron chi connectivity index (χ0n) is 17.2. The van der Waals surface area contributed by atoms with Gasteiger partial charge in [-0.05, 0) is 11.1 Å². The summed E-state index contributed by atoms with van der Waals surface area (Å²) in [5.74, 6) is -0.896. The lowest BCUT2D eigenvalue weighted by Crippen LogP contribution is -2.32. The second-order valence-electron chi connectivity index (χ2n) is 6.73. The maximum Gasteiger partial charge on any atom is 0.235 e. The van der Waals surface area contributed by atoms with Crippen LogP contribution in [0.3, 0.4) is 0 Å².